The Kier molecular flexibility index (Phi) is 7.24. The highest BCUT2D eigenvalue weighted by atomic mass is 16.6. The molecule has 1 rings (SSSR count). The van der Waals surface area contributed by atoms with Crippen molar-refractivity contribution in [1.29, 1.82) is 0 Å². The summed E-state index contributed by atoms with van der Waals surface area (Å²) < 4.78 is 5.37. The summed E-state index contributed by atoms with van der Waals surface area (Å²) in [6, 6.07) is 0. The molecule has 0 radical (unpaired) electrons. The van der Waals surface area contributed by atoms with E-state index in [1.807, 2.05) is 6.92 Å². The standard InChI is InChI=1S/C18H31NO5/c1-5-18(12-14(20)11-15(21)22,13-9-7-6-8-10-13)19-16(23)24-17(2,3)4/h13H,5-12H2,1-4H3,(H,19,23)(H,21,22). The maximum atomic E-state index is 12.3. The number of ketones is 1. The van der Waals surface area contributed by atoms with Gasteiger partial charge >= 0.3 is 12.1 Å². The third-order valence-corrected chi connectivity index (χ3v) is 4.63. The zero-order valence-electron chi connectivity index (χ0n) is 15.3. The van der Waals surface area contributed by atoms with Gasteiger partial charge in [0.05, 0.1) is 5.54 Å². The Morgan fingerprint density at radius 1 is 1.12 bits per heavy atom. The van der Waals surface area contributed by atoms with E-state index >= 15 is 0 Å². The molecule has 2 N–H and O–H groups in total. The quantitative estimate of drug-likeness (QED) is 0.689. The average molecular weight is 341 g/mol. The number of carbonyl (C=O) groups is 3. The maximum absolute atomic E-state index is 12.3. The van der Waals surface area contributed by atoms with Crippen LogP contribution in [0.15, 0.2) is 0 Å². The molecule has 0 saturated heterocycles. The lowest BCUT2D eigenvalue weighted by molar-refractivity contribution is -0.140. The van der Waals surface area contributed by atoms with Crippen LogP contribution in [0.2, 0.25) is 0 Å². The molecule has 6 heteroatoms. The highest BCUT2D eigenvalue weighted by molar-refractivity contribution is 5.95. The molecule has 1 unspecified atom stereocenters. The fourth-order valence-corrected chi connectivity index (χ4v) is 3.54. The molecule has 0 bridgehead atoms. The van der Waals surface area contributed by atoms with Gasteiger partial charge in [0.25, 0.3) is 0 Å². The number of alkyl carbamates (subject to hydrolysis) is 1. The van der Waals surface area contributed by atoms with E-state index < -0.39 is 29.6 Å². The van der Waals surface area contributed by atoms with Crippen LogP contribution in [0.4, 0.5) is 4.79 Å². The Morgan fingerprint density at radius 2 is 1.71 bits per heavy atom. The Bertz CT molecular complexity index is 463. The largest absolute Gasteiger partial charge is 0.481 e. The van der Waals surface area contributed by atoms with Gasteiger partial charge in [0.1, 0.15) is 17.8 Å². The fraction of sp³-hybridized carbons (Fsp3) is 0.833. The molecule has 6 nitrogen and oxygen atoms in total. The van der Waals surface area contributed by atoms with Gasteiger partial charge in [-0.15, -0.1) is 0 Å². The van der Waals surface area contributed by atoms with E-state index in [1.54, 1.807) is 20.8 Å². The van der Waals surface area contributed by atoms with Crippen molar-refractivity contribution in [1.82, 2.24) is 5.32 Å². The molecule has 1 atom stereocenters. The van der Waals surface area contributed by atoms with Gasteiger partial charge in [-0.2, -0.15) is 0 Å². The van der Waals surface area contributed by atoms with Crippen molar-refractivity contribution >= 4 is 17.8 Å². The number of nitrogens with one attached hydrogen (secondary N) is 1. The molecule has 0 aliphatic heterocycles. The molecule has 0 heterocycles. The van der Waals surface area contributed by atoms with Crippen molar-refractivity contribution in [3.63, 3.8) is 0 Å². The van der Waals surface area contributed by atoms with E-state index in [0.717, 1.165) is 32.1 Å². The Balaban J connectivity index is 2.96. The zero-order chi connectivity index (χ0) is 18.4. The SMILES string of the molecule is CCC(CC(=O)CC(=O)O)(NC(=O)OC(C)(C)C)C1CCCCC1. The smallest absolute Gasteiger partial charge is 0.408 e. The fourth-order valence-electron chi connectivity index (χ4n) is 3.54. The van der Waals surface area contributed by atoms with Crippen LogP contribution in [-0.2, 0) is 14.3 Å². The van der Waals surface area contributed by atoms with Crippen molar-refractivity contribution in [3.05, 3.63) is 0 Å². The monoisotopic (exact) mass is 341 g/mol. The summed E-state index contributed by atoms with van der Waals surface area (Å²) in [5, 5.41) is 11.8. The summed E-state index contributed by atoms with van der Waals surface area (Å²) in [5.74, 6) is -1.32. The van der Waals surface area contributed by atoms with Crippen molar-refractivity contribution in [2.75, 3.05) is 0 Å². The van der Waals surface area contributed by atoms with Gasteiger partial charge in [-0.25, -0.2) is 4.79 Å². The molecule has 1 aliphatic carbocycles. The first-order chi connectivity index (χ1) is 11.1. The number of carboxylic acid groups (broad SMARTS) is 1. The van der Waals surface area contributed by atoms with Gasteiger partial charge in [-0.1, -0.05) is 26.2 Å². The second kappa shape index (κ2) is 8.49. The predicted octanol–water partition coefficient (Wildman–Crippen LogP) is 3.67. The zero-order valence-corrected chi connectivity index (χ0v) is 15.3. The first-order valence-electron chi connectivity index (χ1n) is 8.82. The van der Waals surface area contributed by atoms with Crippen LogP contribution < -0.4 is 5.32 Å². The molecule has 0 aromatic carbocycles. The van der Waals surface area contributed by atoms with E-state index in [0.29, 0.717) is 6.42 Å². The molecule has 1 saturated carbocycles. The average Bonchev–Trinajstić information content (AvgIpc) is 2.44. The van der Waals surface area contributed by atoms with Gasteiger partial charge in [0.15, 0.2) is 0 Å². The van der Waals surface area contributed by atoms with Crippen LogP contribution in [0.5, 0.6) is 0 Å². The molecule has 1 aliphatic rings. The van der Waals surface area contributed by atoms with E-state index in [4.69, 9.17) is 9.84 Å². The molecule has 1 amide bonds. The lowest BCUT2D eigenvalue weighted by Gasteiger charge is -2.42. The third-order valence-electron chi connectivity index (χ3n) is 4.63. The van der Waals surface area contributed by atoms with Gasteiger partial charge in [-0.05, 0) is 46.0 Å². The normalized spacial score (nSPS) is 18.5. The molecule has 0 spiro atoms. The number of aliphatic carboxylic acids is 1. The number of amides is 1. The minimum Gasteiger partial charge on any atom is -0.481 e. The van der Waals surface area contributed by atoms with Crippen LogP contribution in [0, 0.1) is 5.92 Å². The first-order valence-corrected chi connectivity index (χ1v) is 8.82. The minimum atomic E-state index is -1.13. The summed E-state index contributed by atoms with van der Waals surface area (Å²) in [7, 11) is 0. The highest BCUT2D eigenvalue weighted by Crippen LogP contribution is 2.37. The third kappa shape index (κ3) is 6.49. The van der Waals surface area contributed by atoms with Crippen LogP contribution in [0.3, 0.4) is 0 Å². The van der Waals surface area contributed by atoms with Crippen molar-refractivity contribution in [2.45, 2.75) is 90.2 Å². The van der Waals surface area contributed by atoms with Crippen LogP contribution >= 0.6 is 0 Å². The highest BCUT2D eigenvalue weighted by Gasteiger charge is 2.41. The van der Waals surface area contributed by atoms with Gasteiger partial charge in [-0.3, -0.25) is 9.59 Å². The Hall–Kier alpha value is -1.59. The number of ether oxygens (including phenoxy) is 1. The predicted molar refractivity (Wildman–Crippen MR) is 90.8 cm³/mol. The molecular formula is C18H31NO5. The topological polar surface area (TPSA) is 92.7 Å². The van der Waals surface area contributed by atoms with E-state index in [9.17, 15) is 14.4 Å². The number of carbonyl (C=O) groups excluding carboxylic acids is 2. The second-order valence-corrected chi connectivity index (χ2v) is 7.76. The molecule has 138 valence electrons. The molecular weight excluding hydrogens is 310 g/mol. The van der Waals surface area contributed by atoms with Crippen molar-refractivity contribution in [2.24, 2.45) is 5.92 Å². The molecule has 0 aromatic rings. The molecule has 1 fully saturated rings. The summed E-state index contributed by atoms with van der Waals surface area (Å²) in [6.07, 6.45) is 4.72. The summed E-state index contributed by atoms with van der Waals surface area (Å²) in [4.78, 5) is 35.3. The molecule has 0 aromatic heterocycles. The summed E-state index contributed by atoms with van der Waals surface area (Å²) in [6.45, 7) is 7.29. The summed E-state index contributed by atoms with van der Waals surface area (Å²) in [5.41, 5.74) is -1.35. The van der Waals surface area contributed by atoms with Crippen LogP contribution in [-0.4, -0.2) is 34.1 Å². The number of carboxylic acids is 1. The number of hydrogen-bond donors (Lipinski definition) is 2. The van der Waals surface area contributed by atoms with Crippen molar-refractivity contribution < 1.29 is 24.2 Å². The number of rotatable bonds is 7. The number of Topliss-reactive ketones (excluding diaryl/α,β-unsaturated/α-hetero) is 1. The van der Waals surface area contributed by atoms with Crippen LogP contribution in [0.1, 0.15) is 79.1 Å². The lowest BCUT2D eigenvalue weighted by Crippen LogP contribution is -2.56. The van der Waals surface area contributed by atoms with E-state index in [2.05, 4.69) is 5.32 Å². The van der Waals surface area contributed by atoms with E-state index in [-0.39, 0.29) is 18.1 Å². The lowest BCUT2D eigenvalue weighted by atomic mass is 9.70. The Labute approximate surface area is 144 Å². The van der Waals surface area contributed by atoms with E-state index in [1.165, 1.54) is 0 Å². The van der Waals surface area contributed by atoms with Gasteiger partial charge in [0.2, 0.25) is 0 Å². The van der Waals surface area contributed by atoms with Crippen LogP contribution in [0.25, 0.3) is 0 Å². The first kappa shape index (κ1) is 20.5. The number of hydrogen-bond acceptors (Lipinski definition) is 4. The second-order valence-electron chi connectivity index (χ2n) is 7.76. The van der Waals surface area contributed by atoms with Gasteiger partial charge in [0, 0.05) is 6.42 Å². The summed E-state index contributed by atoms with van der Waals surface area (Å²) >= 11 is 0. The molecule has 24 heavy (non-hydrogen) atoms. The Morgan fingerprint density at radius 3 is 2.17 bits per heavy atom. The van der Waals surface area contributed by atoms with Gasteiger partial charge < -0.3 is 15.2 Å². The van der Waals surface area contributed by atoms with Crippen molar-refractivity contribution in [3.8, 4) is 0 Å². The minimum absolute atomic E-state index is 0.0414. The maximum Gasteiger partial charge on any atom is 0.408 e.